The quantitative estimate of drug-likeness (QED) is 0.894. The Balaban J connectivity index is 1.84. The smallest absolute Gasteiger partial charge is 0.326 e. The number of hydrogen-bond donors (Lipinski definition) is 1. The van der Waals surface area contributed by atoms with Crippen LogP contribution < -0.4 is 4.90 Å². The van der Waals surface area contributed by atoms with Gasteiger partial charge in [0, 0.05) is 11.3 Å². The molecule has 2 atom stereocenters. The lowest BCUT2D eigenvalue weighted by Crippen LogP contribution is -2.50. The van der Waals surface area contributed by atoms with E-state index in [0.717, 1.165) is 17.3 Å². The van der Waals surface area contributed by atoms with Crippen LogP contribution in [0.3, 0.4) is 0 Å². The maximum Gasteiger partial charge on any atom is 0.326 e. The molecular weight excluding hydrogens is 350 g/mol. The Labute approximate surface area is 156 Å². The van der Waals surface area contributed by atoms with Crippen LogP contribution in [0.1, 0.15) is 29.3 Å². The Bertz CT molecular complexity index is 837. The first kappa shape index (κ1) is 18.2. The third-order valence-corrected chi connectivity index (χ3v) is 5.42. The first-order valence-electron chi connectivity index (χ1n) is 8.39. The average Bonchev–Trinajstić information content (AvgIpc) is 2.66. The standard InChI is InChI=1S/C20H19NO4S/c1-13(26-20(25)15-8-3-2-4-9-15)18(22)21-16-10-6-5-7-14(16)11-12-17(21)19(23)24/h2-10,13,17H,11-12H2,1H3,(H,23,24)/t13-,17+/m1/s1. The molecule has 0 radical (unpaired) electrons. The van der Waals surface area contributed by atoms with E-state index in [-0.39, 0.29) is 11.0 Å². The highest BCUT2D eigenvalue weighted by Crippen LogP contribution is 2.33. The number of para-hydroxylation sites is 1. The van der Waals surface area contributed by atoms with Gasteiger partial charge in [-0.15, -0.1) is 0 Å². The molecule has 6 heteroatoms. The van der Waals surface area contributed by atoms with Gasteiger partial charge in [0.2, 0.25) is 11.0 Å². The van der Waals surface area contributed by atoms with Gasteiger partial charge in [-0.3, -0.25) is 14.5 Å². The molecule has 1 aliphatic heterocycles. The first-order chi connectivity index (χ1) is 12.5. The fourth-order valence-corrected chi connectivity index (χ4v) is 3.91. The van der Waals surface area contributed by atoms with Gasteiger partial charge < -0.3 is 5.11 Å². The molecule has 1 amide bonds. The van der Waals surface area contributed by atoms with Crippen molar-refractivity contribution in [2.75, 3.05) is 4.90 Å². The summed E-state index contributed by atoms with van der Waals surface area (Å²) in [5, 5.41) is 8.67. The summed E-state index contributed by atoms with van der Waals surface area (Å²) < 4.78 is 0. The number of hydrogen-bond acceptors (Lipinski definition) is 4. The zero-order valence-corrected chi connectivity index (χ0v) is 15.1. The molecule has 0 spiro atoms. The second-order valence-corrected chi connectivity index (χ2v) is 7.46. The van der Waals surface area contributed by atoms with Crippen molar-refractivity contribution in [3.63, 3.8) is 0 Å². The van der Waals surface area contributed by atoms with Gasteiger partial charge in [-0.2, -0.15) is 0 Å². The number of amides is 1. The number of anilines is 1. The number of nitrogens with zero attached hydrogens (tertiary/aromatic N) is 1. The topological polar surface area (TPSA) is 74.7 Å². The Hall–Kier alpha value is -2.60. The van der Waals surface area contributed by atoms with Gasteiger partial charge in [0.15, 0.2) is 0 Å². The van der Waals surface area contributed by atoms with Gasteiger partial charge in [0.05, 0.1) is 5.25 Å². The molecule has 0 aliphatic carbocycles. The van der Waals surface area contributed by atoms with Crippen molar-refractivity contribution in [3.05, 3.63) is 65.7 Å². The van der Waals surface area contributed by atoms with Gasteiger partial charge in [-0.05, 0) is 31.4 Å². The van der Waals surface area contributed by atoms with Crippen LogP contribution in [0, 0.1) is 0 Å². The summed E-state index contributed by atoms with van der Waals surface area (Å²) in [6.07, 6.45) is 0.976. The largest absolute Gasteiger partial charge is 0.480 e. The Morgan fingerprint density at radius 1 is 1.08 bits per heavy atom. The number of carboxylic acids is 1. The lowest BCUT2D eigenvalue weighted by atomic mass is 9.95. The predicted molar refractivity (Wildman–Crippen MR) is 101 cm³/mol. The molecule has 1 N–H and O–H groups in total. The number of aryl methyl sites for hydroxylation is 1. The summed E-state index contributed by atoms with van der Waals surface area (Å²) >= 11 is 0.920. The molecule has 5 nitrogen and oxygen atoms in total. The first-order valence-corrected chi connectivity index (χ1v) is 9.27. The lowest BCUT2D eigenvalue weighted by Gasteiger charge is -2.36. The average molecular weight is 369 g/mol. The fourth-order valence-electron chi connectivity index (χ4n) is 3.10. The molecule has 0 fully saturated rings. The summed E-state index contributed by atoms with van der Waals surface area (Å²) in [5.74, 6) is -1.39. The zero-order valence-electron chi connectivity index (χ0n) is 14.3. The van der Waals surface area contributed by atoms with Crippen LogP contribution in [0.25, 0.3) is 0 Å². The minimum atomic E-state index is -1.03. The van der Waals surface area contributed by atoms with E-state index in [4.69, 9.17) is 0 Å². The second-order valence-electron chi connectivity index (χ2n) is 6.14. The Kier molecular flexibility index (Phi) is 5.42. The van der Waals surface area contributed by atoms with Crippen LogP contribution in [0.5, 0.6) is 0 Å². The maximum atomic E-state index is 13.0. The second kappa shape index (κ2) is 7.74. The predicted octanol–water partition coefficient (Wildman–Crippen LogP) is 3.38. The van der Waals surface area contributed by atoms with E-state index in [1.54, 1.807) is 43.3 Å². The number of carbonyl (C=O) groups excluding carboxylic acids is 2. The van der Waals surface area contributed by atoms with Crippen molar-refractivity contribution >= 4 is 34.4 Å². The summed E-state index contributed by atoms with van der Waals surface area (Å²) in [5.41, 5.74) is 2.09. The minimum Gasteiger partial charge on any atom is -0.480 e. The van der Waals surface area contributed by atoms with Gasteiger partial charge in [-0.25, -0.2) is 4.79 Å². The van der Waals surface area contributed by atoms with Crippen LogP contribution in [0.15, 0.2) is 54.6 Å². The molecular formula is C20H19NO4S. The van der Waals surface area contributed by atoms with Crippen LogP contribution in [0.4, 0.5) is 5.69 Å². The van der Waals surface area contributed by atoms with Crippen molar-refractivity contribution in [2.45, 2.75) is 31.1 Å². The highest BCUT2D eigenvalue weighted by molar-refractivity contribution is 8.15. The minimum absolute atomic E-state index is 0.205. The van der Waals surface area contributed by atoms with Crippen molar-refractivity contribution in [3.8, 4) is 0 Å². The molecule has 134 valence electrons. The molecule has 0 saturated carbocycles. The number of rotatable bonds is 4. The van der Waals surface area contributed by atoms with E-state index in [9.17, 15) is 19.5 Å². The van der Waals surface area contributed by atoms with E-state index < -0.39 is 17.3 Å². The number of carboxylic acid groups (broad SMARTS) is 1. The maximum absolute atomic E-state index is 13.0. The van der Waals surface area contributed by atoms with Gasteiger partial charge >= 0.3 is 5.97 Å². The molecule has 26 heavy (non-hydrogen) atoms. The number of benzene rings is 2. The molecule has 1 aliphatic rings. The van der Waals surface area contributed by atoms with E-state index in [0.29, 0.717) is 24.1 Å². The highest BCUT2D eigenvalue weighted by atomic mass is 32.2. The summed E-state index contributed by atoms with van der Waals surface area (Å²) in [7, 11) is 0. The summed E-state index contributed by atoms with van der Waals surface area (Å²) in [6, 6.07) is 15.2. The van der Waals surface area contributed by atoms with E-state index in [1.807, 2.05) is 18.2 Å². The van der Waals surface area contributed by atoms with Gasteiger partial charge in [-0.1, -0.05) is 60.3 Å². The SMILES string of the molecule is C[C@@H](SC(=O)c1ccccc1)C(=O)N1c2ccccc2CC[C@H]1C(=O)O. The molecule has 0 aromatic heterocycles. The molecule has 0 bridgehead atoms. The van der Waals surface area contributed by atoms with Gasteiger partial charge in [0.1, 0.15) is 6.04 Å². The Morgan fingerprint density at radius 3 is 2.42 bits per heavy atom. The molecule has 1 heterocycles. The third-order valence-electron chi connectivity index (χ3n) is 4.41. The number of fused-ring (bicyclic) bond motifs is 1. The van der Waals surface area contributed by atoms with E-state index in [1.165, 1.54) is 4.90 Å². The van der Waals surface area contributed by atoms with Crippen molar-refractivity contribution in [1.82, 2.24) is 0 Å². The number of carbonyl (C=O) groups is 3. The van der Waals surface area contributed by atoms with Crippen LogP contribution >= 0.6 is 11.8 Å². The Morgan fingerprint density at radius 2 is 1.73 bits per heavy atom. The molecule has 0 saturated heterocycles. The zero-order chi connectivity index (χ0) is 18.7. The van der Waals surface area contributed by atoms with Crippen LogP contribution in [0.2, 0.25) is 0 Å². The van der Waals surface area contributed by atoms with Crippen LogP contribution in [-0.2, 0) is 16.0 Å². The third kappa shape index (κ3) is 3.65. The summed E-state index contributed by atoms with van der Waals surface area (Å²) in [4.78, 5) is 38.4. The van der Waals surface area contributed by atoms with Crippen LogP contribution in [-0.4, -0.2) is 33.4 Å². The molecule has 2 aromatic carbocycles. The number of thioether (sulfide) groups is 1. The molecule has 0 unspecified atom stereocenters. The normalized spacial score (nSPS) is 17.3. The van der Waals surface area contributed by atoms with Crippen molar-refractivity contribution in [2.24, 2.45) is 0 Å². The molecule has 2 aromatic rings. The monoisotopic (exact) mass is 369 g/mol. The fraction of sp³-hybridized carbons (Fsp3) is 0.250. The number of aliphatic carboxylic acids is 1. The van der Waals surface area contributed by atoms with Crippen molar-refractivity contribution in [1.29, 1.82) is 0 Å². The lowest BCUT2D eigenvalue weighted by molar-refractivity contribution is -0.140. The van der Waals surface area contributed by atoms with Gasteiger partial charge in [0.25, 0.3) is 0 Å². The highest BCUT2D eigenvalue weighted by Gasteiger charge is 2.37. The van der Waals surface area contributed by atoms with Crippen molar-refractivity contribution < 1.29 is 19.5 Å². The van der Waals surface area contributed by atoms with E-state index in [2.05, 4.69) is 0 Å². The molecule has 3 rings (SSSR count). The summed E-state index contributed by atoms with van der Waals surface area (Å²) in [6.45, 7) is 1.64. The van der Waals surface area contributed by atoms with E-state index >= 15 is 0 Å².